The van der Waals surface area contributed by atoms with Gasteiger partial charge in [0.15, 0.2) is 0 Å². The van der Waals surface area contributed by atoms with Crippen molar-refractivity contribution in [1.82, 2.24) is 20.1 Å². The topological polar surface area (TPSA) is 86.9 Å². The largest absolute Gasteiger partial charge is 0.379 e. The average Bonchev–Trinajstić information content (AvgIpc) is 3.61. The molecular formula is C26H32N4O4. The van der Waals surface area contributed by atoms with Crippen LogP contribution in [-0.4, -0.2) is 90.8 Å². The van der Waals surface area contributed by atoms with E-state index in [2.05, 4.69) is 27.3 Å². The van der Waals surface area contributed by atoms with E-state index in [1.807, 2.05) is 35.4 Å². The number of fused-ring (bicyclic) bond motifs is 2. The minimum absolute atomic E-state index is 0.0418. The number of amides is 2. The van der Waals surface area contributed by atoms with Gasteiger partial charge in [-0.25, -0.2) is 0 Å². The number of hydrogen-bond acceptors (Lipinski definition) is 5. The molecule has 0 unspecified atom stereocenters. The zero-order valence-corrected chi connectivity index (χ0v) is 19.4. The van der Waals surface area contributed by atoms with Crippen LogP contribution in [0.2, 0.25) is 0 Å². The number of nitrogens with zero attached hydrogens (tertiary/aromatic N) is 2. The van der Waals surface area contributed by atoms with Crippen molar-refractivity contribution in [3.63, 3.8) is 0 Å². The third-order valence-electron chi connectivity index (χ3n) is 7.86. The van der Waals surface area contributed by atoms with Gasteiger partial charge in [0.2, 0.25) is 11.8 Å². The summed E-state index contributed by atoms with van der Waals surface area (Å²) < 4.78 is 11.7. The zero-order chi connectivity index (χ0) is 23.1. The molecule has 3 fully saturated rings. The van der Waals surface area contributed by atoms with Crippen LogP contribution in [0.4, 0.5) is 0 Å². The van der Waals surface area contributed by atoms with Gasteiger partial charge in [0.25, 0.3) is 0 Å². The predicted molar refractivity (Wildman–Crippen MR) is 127 cm³/mol. The van der Waals surface area contributed by atoms with Crippen LogP contribution in [0.15, 0.2) is 42.6 Å². The molecule has 4 atom stereocenters. The third-order valence-corrected chi connectivity index (χ3v) is 7.86. The average molecular weight is 465 g/mol. The highest BCUT2D eigenvalue weighted by atomic mass is 16.5. The van der Waals surface area contributed by atoms with E-state index in [4.69, 9.17) is 9.47 Å². The number of aromatic amines is 1. The Morgan fingerprint density at radius 3 is 2.94 bits per heavy atom. The van der Waals surface area contributed by atoms with Crippen molar-refractivity contribution in [3.05, 3.63) is 48.2 Å². The van der Waals surface area contributed by atoms with Crippen LogP contribution in [0.1, 0.15) is 12.0 Å². The SMILES string of the molecule is O=C(NCCCN1CCOCC1)[C@@H]1[C@@H]2C=C[C@@]3(CN(CCc4c[nH]c5ccccc45)C(=O)[C@@H]13)O2. The predicted octanol–water partition coefficient (Wildman–Crippen LogP) is 1.33. The lowest BCUT2D eigenvalue weighted by Gasteiger charge is -2.27. The van der Waals surface area contributed by atoms with Crippen molar-refractivity contribution in [2.45, 2.75) is 24.5 Å². The summed E-state index contributed by atoms with van der Waals surface area (Å²) in [7, 11) is 0. The first-order valence-corrected chi connectivity index (χ1v) is 12.4. The Hall–Kier alpha value is -2.68. The Kier molecular flexibility index (Phi) is 5.67. The minimum Gasteiger partial charge on any atom is -0.379 e. The van der Waals surface area contributed by atoms with Gasteiger partial charge in [-0.1, -0.05) is 30.4 Å². The van der Waals surface area contributed by atoms with Crippen LogP contribution in [0, 0.1) is 11.8 Å². The van der Waals surface area contributed by atoms with Gasteiger partial charge in [-0.2, -0.15) is 0 Å². The molecule has 3 saturated heterocycles. The van der Waals surface area contributed by atoms with E-state index < -0.39 is 17.4 Å². The lowest BCUT2D eigenvalue weighted by Crippen LogP contribution is -2.45. The van der Waals surface area contributed by atoms with Crippen LogP contribution < -0.4 is 5.32 Å². The maximum Gasteiger partial charge on any atom is 0.230 e. The Morgan fingerprint density at radius 1 is 1.21 bits per heavy atom. The van der Waals surface area contributed by atoms with Gasteiger partial charge in [0, 0.05) is 43.3 Å². The molecule has 4 aliphatic rings. The van der Waals surface area contributed by atoms with Gasteiger partial charge in [0.1, 0.15) is 5.60 Å². The second kappa shape index (κ2) is 8.83. The molecule has 1 aromatic carbocycles. The standard InChI is InChI=1S/C26H32N4O4/c31-24(27-9-3-10-29-12-14-33-15-13-29)22-21-6-8-26(34-21)17-30(25(32)23(22)26)11-7-18-16-28-20-5-2-1-4-19(18)20/h1-2,4-6,8,16,21-23,28H,3,7,9-15,17H2,(H,27,31)/t21-,22+,23+,26-/m0/s1. The van der Waals surface area contributed by atoms with Gasteiger partial charge >= 0.3 is 0 Å². The number of likely N-dealkylation sites (tertiary alicyclic amines) is 1. The Labute approximate surface area is 199 Å². The summed E-state index contributed by atoms with van der Waals surface area (Å²) in [5.41, 5.74) is 1.65. The monoisotopic (exact) mass is 464 g/mol. The van der Waals surface area contributed by atoms with Gasteiger partial charge in [-0.15, -0.1) is 0 Å². The van der Waals surface area contributed by atoms with Gasteiger partial charge < -0.3 is 24.7 Å². The Morgan fingerprint density at radius 2 is 2.06 bits per heavy atom. The fraction of sp³-hybridized carbons (Fsp3) is 0.538. The van der Waals surface area contributed by atoms with Crippen molar-refractivity contribution in [2.24, 2.45) is 11.8 Å². The second-order valence-electron chi connectivity index (χ2n) is 9.87. The highest BCUT2D eigenvalue weighted by Gasteiger charge is 2.66. The lowest BCUT2D eigenvalue weighted by molar-refractivity contribution is -0.137. The Balaban J connectivity index is 1.07. The number of aromatic nitrogens is 1. The fourth-order valence-electron chi connectivity index (χ4n) is 6.12. The summed E-state index contributed by atoms with van der Waals surface area (Å²) in [5, 5.41) is 4.28. The van der Waals surface area contributed by atoms with E-state index in [0.717, 1.165) is 51.2 Å². The summed E-state index contributed by atoms with van der Waals surface area (Å²) in [5.74, 6) is -0.890. The van der Waals surface area contributed by atoms with Crippen LogP contribution in [-0.2, 0) is 25.5 Å². The Bertz CT molecular complexity index is 1110. The molecule has 0 saturated carbocycles. The third kappa shape index (κ3) is 3.74. The molecule has 8 heteroatoms. The highest BCUT2D eigenvalue weighted by Crippen LogP contribution is 2.51. The highest BCUT2D eigenvalue weighted by molar-refractivity contribution is 5.93. The molecule has 2 aromatic rings. The molecule has 0 radical (unpaired) electrons. The maximum absolute atomic E-state index is 13.5. The van der Waals surface area contributed by atoms with Gasteiger partial charge in [-0.05, 0) is 31.0 Å². The number of carbonyl (C=O) groups excluding carboxylic acids is 2. The number of ether oxygens (including phenoxy) is 2. The first-order valence-electron chi connectivity index (χ1n) is 12.4. The summed E-state index contributed by atoms with van der Waals surface area (Å²) in [6.45, 7) is 6.16. The number of morpholine rings is 1. The first-order chi connectivity index (χ1) is 16.6. The quantitative estimate of drug-likeness (QED) is 0.455. The van der Waals surface area contributed by atoms with E-state index in [1.165, 1.54) is 10.9 Å². The minimum atomic E-state index is -0.655. The molecule has 1 spiro atoms. The molecule has 6 rings (SSSR count). The van der Waals surface area contributed by atoms with Gasteiger partial charge in [-0.3, -0.25) is 14.5 Å². The second-order valence-corrected chi connectivity index (χ2v) is 9.87. The fourth-order valence-corrected chi connectivity index (χ4v) is 6.12. The summed E-state index contributed by atoms with van der Waals surface area (Å²) in [4.78, 5) is 34.1. The number of hydrogen-bond donors (Lipinski definition) is 2. The smallest absolute Gasteiger partial charge is 0.230 e. The van der Waals surface area contributed by atoms with E-state index >= 15 is 0 Å². The number of H-pyrrole nitrogens is 1. The molecule has 4 aliphatic heterocycles. The number of benzene rings is 1. The van der Waals surface area contributed by atoms with E-state index in [9.17, 15) is 9.59 Å². The van der Waals surface area contributed by atoms with E-state index in [1.54, 1.807) is 0 Å². The molecule has 2 N–H and O–H groups in total. The summed E-state index contributed by atoms with van der Waals surface area (Å²) in [6, 6.07) is 8.21. The van der Waals surface area contributed by atoms with Crippen molar-refractivity contribution < 1.29 is 19.1 Å². The van der Waals surface area contributed by atoms with Crippen LogP contribution >= 0.6 is 0 Å². The molecule has 180 valence electrons. The molecule has 5 heterocycles. The van der Waals surface area contributed by atoms with E-state index in [0.29, 0.717) is 19.6 Å². The first kappa shape index (κ1) is 21.8. The van der Waals surface area contributed by atoms with Gasteiger partial charge in [0.05, 0.1) is 37.7 Å². The molecule has 2 amide bonds. The number of nitrogens with one attached hydrogen (secondary N) is 2. The van der Waals surface area contributed by atoms with Crippen molar-refractivity contribution >= 4 is 22.7 Å². The van der Waals surface area contributed by atoms with Crippen LogP contribution in [0.25, 0.3) is 10.9 Å². The number of rotatable bonds is 8. The molecule has 34 heavy (non-hydrogen) atoms. The molecule has 2 bridgehead atoms. The van der Waals surface area contributed by atoms with Crippen molar-refractivity contribution in [2.75, 3.05) is 52.5 Å². The molecule has 0 aliphatic carbocycles. The van der Waals surface area contributed by atoms with Crippen LogP contribution in [0.3, 0.4) is 0 Å². The lowest BCUT2D eigenvalue weighted by atomic mass is 9.77. The normalized spacial score (nSPS) is 30.4. The van der Waals surface area contributed by atoms with Crippen molar-refractivity contribution in [1.29, 1.82) is 0 Å². The van der Waals surface area contributed by atoms with Crippen molar-refractivity contribution in [3.8, 4) is 0 Å². The maximum atomic E-state index is 13.5. The summed E-state index contributed by atoms with van der Waals surface area (Å²) in [6.07, 6.45) is 7.38. The zero-order valence-electron chi connectivity index (χ0n) is 19.4. The van der Waals surface area contributed by atoms with E-state index in [-0.39, 0.29) is 17.9 Å². The molecule has 1 aromatic heterocycles. The van der Waals surface area contributed by atoms with Crippen LogP contribution in [0.5, 0.6) is 0 Å². The molecule has 8 nitrogen and oxygen atoms in total. The number of carbonyl (C=O) groups is 2. The summed E-state index contributed by atoms with van der Waals surface area (Å²) >= 11 is 0. The molecular weight excluding hydrogens is 432 g/mol. The number of para-hydroxylation sites is 1.